The van der Waals surface area contributed by atoms with E-state index in [0.29, 0.717) is 0 Å². The van der Waals surface area contributed by atoms with Crippen molar-refractivity contribution < 1.29 is 0 Å². The van der Waals surface area contributed by atoms with Crippen molar-refractivity contribution in [2.45, 2.75) is 6.04 Å². The molecule has 1 heterocycles. The number of hydrogen-bond acceptors (Lipinski definition) is 2. The van der Waals surface area contributed by atoms with Crippen molar-refractivity contribution in [3.8, 4) is 0 Å². The van der Waals surface area contributed by atoms with Crippen molar-refractivity contribution >= 4 is 39.7 Å². The molecule has 1 aromatic carbocycles. The van der Waals surface area contributed by atoms with Gasteiger partial charge in [-0.2, -0.15) is 0 Å². The molecular formula is C11H11BrClNS. The maximum atomic E-state index is 6.11. The van der Waals surface area contributed by atoms with Crippen LogP contribution < -0.4 is 5.73 Å². The summed E-state index contributed by atoms with van der Waals surface area (Å²) in [4.78, 5) is 1.20. The summed E-state index contributed by atoms with van der Waals surface area (Å²) < 4.78 is 1.08. The molecule has 0 bridgehead atoms. The fourth-order valence-corrected chi connectivity index (χ4v) is 2.32. The Balaban J connectivity index is 0.00000112. The van der Waals surface area contributed by atoms with Gasteiger partial charge in [0.15, 0.2) is 0 Å². The zero-order valence-electron chi connectivity index (χ0n) is 7.89. The van der Waals surface area contributed by atoms with Crippen LogP contribution in [0.25, 0.3) is 0 Å². The molecule has 2 aromatic rings. The largest absolute Gasteiger partial charge is 0.320 e. The van der Waals surface area contributed by atoms with E-state index in [-0.39, 0.29) is 18.4 Å². The molecular weight excluding hydrogens is 294 g/mol. The minimum atomic E-state index is 0. The van der Waals surface area contributed by atoms with Gasteiger partial charge in [-0.15, -0.1) is 23.7 Å². The van der Waals surface area contributed by atoms with Crippen molar-refractivity contribution in [3.05, 3.63) is 56.7 Å². The lowest BCUT2D eigenvalue weighted by molar-refractivity contribution is 0.893. The third-order valence-electron chi connectivity index (χ3n) is 2.08. The number of thiophene rings is 1. The normalized spacial score (nSPS) is 11.9. The summed E-state index contributed by atoms with van der Waals surface area (Å²) in [6.45, 7) is 0. The predicted molar refractivity (Wildman–Crippen MR) is 71.7 cm³/mol. The summed E-state index contributed by atoms with van der Waals surface area (Å²) in [5.74, 6) is 0. The van der Waals surface area contributed by atoms with E-state index in [4.69, 9.17) is 5.73 Å². The molecule has 80 valence electrons. The van der Waals surface area contributed by atoms with E-state index in [9.17, 15) is 0 Å². The van der Waals surface area contributed by atoms with Crippen LogP contribution in [0.1, 0.15) is 16.5 Å². The average Bonchev–Trinajstić information content (AvgIpc) is 2.71. The van der Waals surface area contributed by atoms with Crippen LogP contribution in [0.3, 0.4) is 0 Å². The SMILES string of the molecule is Cl.N[C@@H](c1ccc(Br)cc1)c1cccs1. The third kappa shape index (κ3) is 3.05. The molecule has 0 aliphatic rings. The molecule has 0 fully saturated rings. The van der Waals surface area contributed by atoms with Crippen molar-refractivity contribution in [2.75, 3.05) is 0 Å². The Hall–Kier alpha value is -0.350. The zero-order chi connectivity index (χ0) is 9.97. The third-order valence-corrected chi connectivity index (χ3v) is 3.56. The molecule has 1 atom stereocenters. The zero-order valence-corrected chi connectivity index (χ0v) is 11.1. The first-order valence-corrected chi connectivity index (χ1v) is 5.99. The summed E-state index contributed by atoms with van der Waals surface area (Å²) in [5, 5.41) is 2.05. The molecule has 0 radical (unpaired) electrons. The minimum Gasteiger partial charge on any atom is -0.320 e. The lowest BCUT2D eigenvalue weighted by atomic mass is 10.1. The summed E-state index contributed by atoms with van der Waals surface area (Å²) in [6, 6.07) is 12.2. The lowest BCUT2D eigenvalue weighted by Crippen LogP contribution is -2.09. The first kappa shape index (κ1) is 12.7. The Morgan fingerprint density at radius 3 is 2.33 bits per heavy atom. The van der Waals surface area contributed by atoms with Gasteiger partial charge >= 0.3 is 0 Å². The summed E-state index contributed by atoms with van der Waals surface area (Å²) in [7, 11) is 0. The number of nitrogens with two attached hydrogens (primary N) is 1. The minimum absolute atomic E-state index is 0. The van der Waals surface area contributed by atoms with Gasteiger partial charge in [0.2, 0.25) is 0 Å². The first-order valence-electron chi connectivity index (χ1n) is 4.32. The molecule has 0 saturated carbocycles. The smallest absolute Gasteiger partial charge is 0.0646 e. The van der Waals surface area contributed by atoms with Gasteiger partial charge in [-0.25, -0.2) is 0 Å². The van der Waals surface area contributed by atoms with Crippen molar-refractivity contribution in [1.82, 2.24) is 0 Å². The van der Waals surface area contributed by atoms with E-state index in [1.165, 1.54) is 4.88 Å². The van der Waals surface area contributed by atoms with Crippen LogP contribution in [0.15, 0.2) is 46.3 Å². The van der Waals surface area contributed by atoms with Gasteiger partial charge in [-0.05, 0) is 29.1 Å². The molecule has 2 N–H and O–H groups in total. The molecule has 1 aromatic heterocycles. The number of halogens is 2. The molecule has 0 saturated heterocycles. The van der Waals surface area contributed by atoms with Gasteiger partial charge in [0.05, 0.1) is 6.04 Å². The fourth-order valence-electron chi connectivity index (χ4n) is 1.30. The van der Waals surface area contributed by atoms with Crippen LogP contribution in [-0.4, -0.2) is 0 Å². The van der Waals surface area contributed by atoms with Gasteiger partial charge in [-0.3, -0.25) is 0 Å². The lowest BCUT2D eigenvalue weighted by Gasteiger charge is -2.09. The highest BCUT2D eigenvalue weighted by Crippen LogP contribution is 2.24. The van der Waals surface area contributed by atoms with E-state index in [2.05, 4.69) is 34.1 Å². The van der Waals surface area contributed by atoms with Gasteiger partial charge in [0.1, 0.15) is 0 Å². The van der Waals surface area contributed by atoms with E-state index < -0.39 is 0 Å². The van der Waals surface area contributed by atoms with Crippen LogP contribution in [0.2, 0.25) is 0 Å². The fraction of sp³-hybridized carbons (Fsp3) is 0.0909. The van der Waals surface area contributed by atoms with Gasteiger partial charge in [-0.1, -0.05) is 34.1 Å². The highest BCUT2D eigenvalue weighted by atomic mass is 79.9. The summed E-state index contributed by atoms with van der Waals surface area (Å²) in [5.41, 5.74) is 7.25. The van der Waals surface area contributed by atoms with E-state index >= 15 is 0 Å². The summed E-state index contributed by atoms with van der Waals surface area (Å²) >= 11 is 5.10. The van der Waals surface area contributed by atoms with E-state index in [0.717, 1.165) is 10.0 Å². The molecule has 0 unspecified atom stereocenters. The number of benzene rings is 1. The second-order valence-corrected chi connectivity index (χ2v) is 4.94. The van der Waals surface area contributed by atoms with Crippen molar-refractivity contribution in [1.29, 1.82) is 0 Å². The Morgan fingerprint density at radius 1 is 1.13 bits per heavy atom. The van der Waals surface area contributed by atoms with Crippen LogP contribution >= 0.6 is 39.7 Å². The standard InChI is InChI=1S/C11H10BrNS.ClH/c12-9-5-3-8(4-6-9)11(13)10-2-1-7-14-10;/h1-7,11H,13H2;1H/t11-;/m0./s1. The maximum Gasteiger partial charge on any atom is 0.0646 e. The first-order chi connectivity index (χ1) is 6.77. The van der Waals surface area contributed by atoms with Crippen LogP contribution in [-0.2, 0) is 0 Å². The Labute approximate surface area is 108 Å². The Bertz CT molecular complexity index is 399. The maximum absolute atomic E-state index is 6.11. The topological polar surface area (TPSA) is 26.0 Å². The van der Waals surface area contributed by atoms with E-state index in [1.54, 1.807) is 11.3 Å². The molecule has 0 aliphatic carbocycles. The van der Waals surface area contributed by atoms with Gasteiger partial charge < -0.3 is 5.73 Å². The predicted octanol–water partition coefficient (Wildman–Crippen LogP) is 3.98. The monoisotopic (exact) mass is 303 g/mol. The highest BCUT2D eigenvalue weighted by Gasteiger charge is 2.08. The van der Waals surface area contributed by atoms with Crippen LogP contribution in [0.5, 0.6) is 0 Å². The quantitative estimate of drug-likeness (QED) is 0.892. The summed E-state index contributed by atoms with van der Waals surface area (Å²) in [6.07, 6.45) is 0. The highest BCUT2D eigenvalue weighted by molar-refractivity contribution is 9.10. The Kier molecular flexibility index (Phi) is 4.80. The molecule has 15 heavy (non-hydrogen) atoms. The average molecular weight is 305 g/mol. The van der Waals surface area contributed by atoms with E-state index in [1.807, 2.05) is 23.6 Å². The number of rotatable bonds is 2. The van der Waals surface area contributed by atoms with Crippen molar-refractivity contribution in [3.63, 3.8) is 0 Å². The van der Waals surface area contributed by atoms with Crippen LogP contribution in [0.4, 0.5) is 0 Å². The second-order valence-electron chi connectivity index (χ2n) is 3.04. The molecule has 0 aliphatic heterocycles. The van der Waals surface area contributed by atoms with Crippen LogP contribution in [0, 0.1) is 0 Å². The molecule has 1 nitrogen and oxygen atoms in total. The van der Waals surface area contributed by atoms with Gasteiger partial charge in [0.25, 0.3) is 0 Å². The molecule has 4 heteroatoms. The Morgan fingerprint density at radius 2 is 1.80 bits per heavy atom. The van der Waals surface area contributed by atoms with Gasteiger partial charge in [0, 0.05) is 9.35 Å². The molecule has 2 rings (SSSR count). The number of hydrogen-bond donors (Lipinski definition) is 1. The molecule has 0 amide bonds. The second kappa shape index (κ2) is 5.66. The van der Waals surface area contributed by atoms with Crippen molar-refractivity contribution in [2.24, 2.45) is 5.73 Å². The molecule has 0 spiro atoms.